The second kappa shape index (κ2) is 6.12. The molecule has 0 aliphatic carbocycles. The Bertz CT molecular complexity index is 376. The van der Waals surface area contributed by atoms with Crippen LogP contribution in [-0.4, -0.2) is 30.3 Å². The monoisotopic (exact) mass is 301 g/mol. The van der Waals surface area contributed by atoms with Crippen LogP contribution in [-0.2, 0) is 9.47 Å². The second-order valence-electron chi connectivity index (χ2n) is 4.22. The number of aromatic nitrogens is 1. The predicted molar refractivity (Wildman–Crippen MR) is 67.9 cm³/mol. The van der Waals surface area contributed by atoms with E-state index in [4.69, 9.17) is 9.47 Å². The molecule has 94 valence electrons. The maximum atomic E-state index is 11.6. The van der Waals surface area contributed by atoms with Crippen LogP contribution in [0.5, 0.6) is 0 Å². The molecular weight excluding hydrogens is 286 g/mol. The van der Waals surface area contributed by atoms with E-state index in [0.29, 0.717) is 23.2 Å². The first-order chi connectivity index (χ1) is 7.94. The van der Waals surface area contributed by atoms with Gasteiger partial charge in [0.1, 0.15) is 4.60 Å². The Balaban J connectivity index is 2.43. The van der Waals surface area contributed by atoms with Crippen molar-refractivity contribution in [2.45, 2.75) is 25.9 Å². The summed E-state index contributed by atoms with van der Waals surface area (Å²) < 4.78 is 11.1. The highest BCUT2D eigenvalue weighted by Crippen LogP contribution is 2.13. The Morgan fingerprint density at radius 3 is 2.71 bits per heavy atom. The molecular formula is C12H16BrNO3. The van der Waals surface area contributed by atoms with Gasteiger partial charge in [0.05, 0.1) is 17.8 Å². The fraction of sp³-hybridized carbons (Fsp3) is 0.500. The van der Waals surface area contributed by atoms with E-state index in [0.717, 1.165) is 0 Å². The fourth-order valence-electron chi connectivity index (χ4n) is 1.07. The van der Waals surface area contributed by atoms with E-state index < -0.39 is 0 Å². The number of ether oxygens (including phenoxy) is 2. The number of methoxy groups -OCH3 is 1. The summed E-state index contributed by atoms with van der Waals surface area (Å²) in [5.74, 6) is -0.364. The molecule has 0 saturated heterocycles. The van der Waals surface area contributed by atoms with Gasteiger partial charge in [0, 0.05) is 19.7 Å². The molecule has 1 aromatic rings. The molecule has 0 aliphatic heterocycles. The highest BCUT2D eigenvalue weighted by atomic mass is 79.9. The molecule has 0 aromatic carbocycles. The minimum absolute atomic E-state index is 0.280. The molecule has 0 aliphatic rings. The van der Waals surface area contributed by atoms with Gasteiger partial charge < -0.3 is 9.47 Å². The Kier molecular flexibility index (Phi) is 5.08. The Morgan fingerprint density at radius 1 is 1.47 bits per heavy atom. The summed E-state index contributed by atoms with van der Waals surface area (Å²) in [6.07, 6.45) is 2.13. The van der Waals surface area contributed by atoms with Crippen LogP contribution in [0.1, 0.15) is 30.6 Å². The third-order valence-corrected chi connectivity index (χ3v) is 2.92. The Labute approximate surface area is 109 Å². The lowest BCUT2D eigenvalue weighted by atomic mass is 10.1. The van der Waals surface area contributed by atoms with E-state index in [-0.39, 0.29) is 11.6 Å². The topological polar surface area (TPSA) is 48.4 Å². The molecule has 4 nitrogen and oxygen atoms in total. The number of carbonyl (C=O) groups is 1. The smallest absolute Gasteiger partial charge is 0.339 e. The molecule has 0 atom stereocenters. The van der Waals surface area contributed by atoms with Crippen molar-refractivity contribution < 1.29 is 14.3 Å². The molecule has 0 N–H and O–H groups in total. The molecule has 0 unspecified atom stereocenters. The molecule has 0 fully saturated rings. The van der Waals surface area contributed by atoms with Crippen LogP contribution >= 0.6 is 15.9 Å². The molecule has 0 bridgehead atoms. The van der Waals surface area contributed by atoms with Crippen molar-refractivity contribution >= 4 is 21.9 Å². The number of hydrogen-bond acceptors (Lipinski definition) is 4. The molecule has 1 heterocycles. The van der Waals surface area contributed by atoms with Gasteiger partial charge in [-0.1, -0.05) is 0 Å². The first kappa shape index (κ1) is 14.1. The van der Waals surface area contributed by atoms with Gasteiger partial charge in [-0.15, -0.1) is 0 Å². The Morgan fingerprint density at radius 2 is 2.18 bits per heavy atom. The molecule has 0 spiro atoms. The number of rotatable bonds is 5. The number of carbonyl (C=O) groups excluding carboxylic acids is 1. The molecule has 0 radical (unpaired) electrons. The van der Waals surface area contributed by atoms with E-state index in [1.807, 2.05) is 13.8 Å². The molecule has 1 rings (SSSR count). The van der Waals surface area contributed by atoms with Gasteiger partial charge in [-0.3, -0.25) is 0 Å². The summed E-state index contributed by atoms with van der Waals surface area (Å²) in [6, 6.07) is 3.37. The van der Waals surface area contributed by atoms with E-state index in [2.05, 4.69) is 20.9 Å². The maximum absolute atomic E-state index is 11.6. The molecule has 5 heteroatoms. The van der Waals surface area contributed by atoms with E-state index >= 15 is 0 Å². The standard InChI is InChI=1S/C12H16BrNO3/c1-12(2,16-3)6-7-17-11(15)9-4-5-10(13)14-8-9/h4-5,8H,6-7H2,1-3H3. The second-order valence-corrected chi connectivity index (χ2v) is 5.03. The van der Waals surface area contributed by atoms with Crippen LogP contribution in [0.3, 0.4) is 0 Å². The minimum Gasteiger partial charge on any atom is -0.462 e. The van der Waals surface area contributed by atoms with Crippen molar-refractivity contribution in [1.29, 1.82) is 0 Å². The zero-order valence-corrected chi connectivity index (χ0v) is 11.8. The molecule has 17 heavy (non-hydrogen) atoms. The zero-order valence-electron chi connectivity index (χ0n) is 10.2. The van der Waals surface area contributed by atoms with Crippen LogP contribution in [0.4, 0.5) is 0 Å². The van der Waals surface area contributed by atoms with Crippen molar-refractivity contribution in [2.75, 3.05) is 13.7 Å². The molecule has 1 aromatic heterocycles. The van der Waals surface area contributed by atoms with Gasteiger partial charge >= 0.3 is 5.97 Å². The zero-order chi connectivity index (χ0) is 12.9. The van der Waals surface area contributed by atoms with Crippen LogP contribution in [0.2, 0.25) is 0 Å². The maximum Gasteiger partial charge on any atom is 0.339 e. The lowest BCUT2D eigenvalue weighted by Gasteiger charge is -2.22. The van der Waals surface area contributed by atoms with Crippen molar-refractivity contribution in [3.05, 3.63) is 28.5 Å². The largest absolute Gasteiger partial charge is 0.462 e. The summed E-state index contributed by atoms with van der Waals surface area (Å²) in [5.41, 5.74) is 0.168. The first-order valence-electron chi connectivity index (χ1n) is 5.28. The lowest BCUT2D eigenvalue weighted by molar-refractivity contribution is -0.00564. The molecule has 0 amide bonds. The van der Waals surface area contributed by atoms with Gasteiger partial charge in [0.25, 0.3) is 0 Å². The predicted octanol–water partition coefficient (Wildman–Crippen LogP) is 2.82. The number of halogens is 1. The van der Waals surface area contributed by atoms with Gasteiger partial charge in [0.2, 0.25) is 0 Å². The van der Waals surface area contributed by atoms with Crippen LogP contribution < -0.4 is 0 Å². The summed E-state index contributed by atoms with van der Waals surface area (Å²) in [4.78, 5) is 15.6. The van der Waals surface area contributed by atoms with Gasteiger partial charge in [-0.05, 0) is 41.9 Å². The van der Waals surface area contributed by atoms with E-state index in [9.17, 15) is 4.79 Å². The normalized spacial score (nSPS) is 11.3. The van der Waals surface area contributed by atoms with Crippen molar-refractivity contribution in [2.24, 2.45) is 0 Å². The van der Waals surface area contributed by atoms with Crippen LogP contribution in [0.15, 0.2) is 22.9 Å². The summed E-state index contributed by atoms with van der Waals surface area (Å²) in [6.45, 7) is 4.22. The third-order valence-electron chi connectivity index (χ3n) is 2.45. The molecule has 0 saturated carbocycles. The van der Waals surface area contributed by atoms with E-state index in [1.54, 1.807) is 19.2 Å². The third kappa shape index (κ3) is 4.83. The highest BCUT2D eigenvalue weighted by Gasteiger charge is 2.17. The van der Waals surface area contributed by atoms with Gasteiger partial charge in [0.15, 0.2) is 0 Å². The minimum atomic E-state index is -0.364. The summed E-state index contributed by atoms with van der Waals surface area (Å²) >= 11 is 3.20. The lowest BCUT2D eigenvalue weighted by Crippen LogP contribution is -2.25. The van der Waals surface area contributed by atoms with Crippen molar-refractivity contribution in [3.63, 3.8) is 0 Å². The average Bonchev–Trinajstić information content (AvgIpc) is 2.29. The van der Waals surface area contributed by atoms with Gasteiger partial charge in [-0.2, -0.15) is 0 Å². The number of pyridine rings is 1. The number of nitrogens with zero attached hydrogens (tertiary/aromatic N) is 1. The SMILES string of the molecule is COC(C)(C)CCOC(=O)c1ccc(Br)nc1. The van der Waals surface area contributed by atoms with Crippen molar-refractivity contribution in [3.8, 4) is 0 Å². The number of esters is 1. The quantitative estimate of drug-likeness (QED) is 0.620. The van der Waals surface area contributed by atoms with Crippen molar-refractivity contribution in [1.82, 2.24) is 4.98 Å². The number of hydrogen-bond donors (Lipinski definition) is 0. The Hall–Kier alpha value is -0.940. The van der Waals surface area contributed by atoms with Crippen LogP contribution in [0, 0.1) is 0 Å². The highest BCUT2D eigenvalue weighted by molar-refractivity contribution is 9.10. The van der Waals surface area contributed by atoms with Crippen LogP contribution in [0.25, 0.3) is 0 Å². The van der Waals surface area contributed by atoms with Gasteiger partial charge in [-0.25, -0.2) is 9.78 Å². The first-order valence-corrected chi connectivity index (χ1v) is 6.08. The summed E-state index contributed by atoms with van der Waals surface area (Å²) in [7, 11) is 1.64. The van der Waals surface area contributed by atoms with E-state index in [1.165, 1.54) is 6.20 Å². The summed E-state index contributed by atoms with van der Waals surface area (Å²) in [5, 5.41) is 0. The fourth-order valence-corrected chi connectivity index (χ4v) is 1.31. The average molecular weight is 302 g/mol.